The molecule has 0 saturated heterocycles. The number of fused-ring (bicyclic) bond motifs is 1. The van der Waals surface area contributed by atoms with Gasteiger partial charge in [0.1, 0.15) is 5.75 Å². The van der Waals surface area contributed by atoms with Crippen LogP contribution in [-0.4, -0.2) is 12.1 Å². The number of rotatable bonds is 2. The van der Waals surface area contributed by atoms with E-state index in [1.165, 1.54) is 5.39 Å². The predicted octanol–water partition coefficient (Wildman–Crippen LogP) is 3.71. The fourth-order valence-electron chi connectivity index (χ4n) is 2.11. The molecule has 0 unspecified atom stereocenters. The van der Waals surface area contributed by atoms with E-state index in [1.54, 1.807) is 7.11 Å². The quantitative estimate of drug-likeness (QED) is 0.674. The lowest BCUT2D eigenvalue weighted by Gasteiger charge is -2.09. The third kappa shape index (κ3) is 1.72. The van der Waals surface area contributed by atoms with Crippen LogP contribution in [0.15, 0.2) is 54.7 Å². The minimum atomic E-state index is 0.723. The number of pyridine rings is 1. The number of hydrogen-bond donors (Lipinski definition) is 0. The van der Waals surface area contributed by atoms with Gasteiger partial charge >= 0.3 is 0 Å². The summed E-state index contributed by atoms with van der Waals surface area (Å²) in [6.07, 6.45) is 1.82. The number of methoxy groups -OCH3 is 1. The van der Waals surface area contributed by atoms with Crippen molar-refractivity contribution in [1.82, 2.24) is 4.98 Å². The Morgan fingerprint density at radius 2 is 1.94 bits per heavy atom. The lowest BCUT2D eigenvalue weighted by molar-refractivity contribution is 0.415. The topological polar surface area (TPSA) is 22.1 Å². The number of nitrogens with zero attached hydrogens (tertiary/aromatic N) is 1. The third-order valence-corrected chi connectivity index (χ3v) is 2.95. The largest absolute Gasteiger partial charge is 0.495 e. The fourth-order valence-corrected chi connectivity index (χ4v) is 2.11. The highest BCUT2D eigenvalue weighted by atomic mass is 16.5. The first-order valence-electron chi connectivity index (χ1n) is 5.79. The lowest BCUT2D eigenvalue weighted by atomic mass is 10.0. The van der Waals surface area contributed by atoms with E-state index in [0.717, 1.165) is 22.4 Å². The van der Waals surface area contributed by atoms with E-state index in [9.17, 15) is 0 Å². The number of hydrogen-bond acceptors (Lipinski definition) is 2. The van der Waals surface area contributed by atoms with Crippen molar-refractivity contribution in [2.75, 3.05) is 7.11 Å². The van der Waals surface area contributed by atoms with Gasteiger partial charge in [-0.05, 0) is 17.5 Å². The van der Waals surface area contributed by atoms with Gasteiger partial charge in [-0.25, -0.2) is 0 Å². The monoisotopic (exact) mass is 234 g/mol. The number of ether oxygens (including phenoxy) is 1. The molecule has 0 bridgehead atoms. The summed E-state index contributed by atoms with van der Waals surface area (Å²) in [5.41, 5.74) is 1.90. The van der Waals surface area contributed by atoms with Crippen LogP contribution in [0, 0.1) is 6.07 Å². The van der Waals surface area contributed by atoms with E-state index in [2.05, 4.69) is 23.2 Å². The summed E-state index contributed by atoms with van der Waals surface area (Å²) in [6.45, 7) is 0. The summed E-state index contributed by atoms with van der Waals surface area (Å²) in [6, 6.07) is 19.1. The molecule has 3 aromatic rings. The van der Waals surface area contributed by atoms with Crippen molar-refractivity contribution < 1.29 is 4.74 Å². The Balaban J connectivity index is 2.32. The number of aromatic nitrogens is 1. The van der Waals surface area contributed by atoms with Gasteiger partial charge in [-0.3, -0.25) is 4.98 Å². The Kier molecular flexibility index (Phi) is 2.69. The zero-order valence-corrected chi connectivity index (χ0v) is 10.1. The number of para-hydroxylation sites is 1. The zero-order chi connectivity index (χ0) is 12.4. The molecule has 2 nitrogen and oxygen atoms in total. The van der Waals surface area contributed by atoms with E-state index in [4.69, 9.17) is 4.74 Å². The molecule has 1 aromatic heterocycles. The van der Waals surface area contributed by atoms with Crippen molar-refractivity contribution >= 4 is 10.8 Å². The van der Waals surface area contributed by atoms with Gasteiger partial charge in [0.2, 0.25) is 0 Å². The summed E-state index contributed by atoms with van der Waals surface area (Å²) < 4.78 is 5.35. The molecular formula is C16H12NO. The lowest BCUT2D eigenvalue weighted by Crippen LogP contribution is -1.91. The molecule has 18 heavy (non-hydrogen) atoms. The average molecular weight is 234 g/mol. The molecule has 87 valence electrons. The van der Waals surface area contributed by atoms with Crippen LogP contribution in [0.25, 0.3) is 22.0 Å². The van der Waals surface area contributed by atoms with Crippen molar-refractivity contribution in [1.29, 1.82) is 0 Å². The molecule has 0 aliphatic carbocycles. The zero-order valence-electron chi connectivity index (χ0n) is 10.1. The van der Waals surface area contributed by atoms with E-state index in [-0.39, 0.29) is 0 Å². The first-order valence-corrected chi connectivity index (χ1v) is 5.79. The molecule has 0 amide bonds. The van der Waals surface area contributed by atoms with Crippen LogP contribution in [-0.2, 0) is 0 Å². The molecule has 0 fully saturated rings. The molecule has 0 spiro atoms. The van der Waals surface area contributed by atoms with Gasteiger partial charge in [-0.2, -0.15) is 0 Å². The van der Waals surface area contributed by atoms with Gasteiger partial charge in [0, 0.05) is 23.2 Å². The van der Waals surface area contributed by atoms with E-state index in [1.807, 2.05) is 42.6 Å². The summed E-state index contributed by atoms with van der Waals surface area (Å²) in [5, 5.41) is 2.30. The van der Waals surface area contributed by atoms with Crippen LogP contribution in [0.3, 0.4) is 0 Å². The maximum absolute atomic E-state index is 5.35. The molecule has 0 aliphatic heterocycles. The van der Waals surface area contributed by atoms with Crippen molar-refractivity contribution in [3.63, 3.8) is 0 Å². The average Bonchev–Trinajstić information content (AvgIpc) is 2.46. The van der Waals surface area contributed by atoms with Crippen molar-refractivity contribution in [2.45, 2.75) is 0 Å². The van der Waals surface area contributed by atoms with Gasteiger partial charge in [-0.15, -0.1) is 0 Å². The van der Waals surface area contributed by atoms with Crippen LogP contribution >= 0.6 is 0 Å². The van der Waals surface area contributed by atoms with Gasteiger partial charge in [0.15, 0.2) is 0 Å². The highest BCUT2D eigenvalue weighted by molar-refractivity contribution is 5.95. The molecule has 0 aliphatic rings. The second-order valence-electron chi connectivity index (χ2n) is 4.00. The molecule has 2 aromatic carbocycles. The van der Waals surface area contributed by atoms with Crippen molar-refractivity contribution in [2.24, 2.45) is 0 Å². The van der Waals surface area contributed by atoms with Crippen LogP contribution in [0.2, 0.25) is 0 Å². The predicted molar refractivity (Wildman–Crippen MR) is 72.6 cm³/mol. The second kappa shape index (κ2) is 4.49. The summed E-state index contributed by atoms with van der Waals surface area (Å²) in [4.78, 5) is 4.49. The van der Waals surface area contributed by atoms with Crippen LogP contribution in [0.5, 0.6) is 5.75 Å². The fraction of sp³-hybridized carbons (Fsp3) is 0.0625. The molecule has 0 saturated carbocycles. The van der Waals surface area contributed by atoms with Crippen molar-refractivity contribution in [3.8, 4) is 17.0 Å². The normalized spacial score (nSPS) is 10.5. The Morgan fingerprint density at radius 3 is 2.83 bits per heavy atom. The van der Waals surface area contributed by atoms with E-state index >= 15 is 0 Å². The Bertz CT molecular complexity index is 686. The van der Waals surface area contributed by atoms with Gasteiger partial charge in [-0.1, -0.05) is 36.4 Å². The summed E-state index contributed by atoms with van der Waals surface area (Å²) in [5.74, 6) is 0.723. The minimum absolute atomic E-state index is 0.723. The van der Waals surface area contributed by atoms with Gasteiger partial charge in [0.05, 0.1) is 12.8 Å². The molecular weight excluding hydrogens is 222 g/mol. The molecule has 1 radical (unpaired) electrons. The first kappa shape index (κ1) is 10.8. The highest BCUT2D eigenvalue weighted by Gasteiger charge is 2.09. The Morgan fingerprint density at radius 1 is 1.06 bits per heavy atom. The molecule has 3 rings (SSSR count). The smallest absolute Gasteiger partial charge is 0.136 e. The van der Waals surface area contributed by atoms with Crippen LogP contribution in [0.1, 0.15) is 0 Å². The van der Waals surface area contributed by atoms with Gasteiger partial charge in [0.25, 0.3) is 0 Å². The van der Waals surface area contributed by atoms with Gasteiger partial charge < -0.3 is 4.74 Å². The summed E-state index contributed by atoms with van der Waals surface area (Å²) in [7, 11) is 1.65. The molecule has 1 heterocycles. The first-order chi connectivity index (χ1) is 8.90. The molecule has 0 atom stereocenters. The maximum atomic E-state index is 5.35. The number of benzene rings is 2. The Labute approximate surface area is 106 Å². The highest BCUT2D eigenvalue weighted by Crippen LogP contribution is 2.32. The van der Waals surface area contributed by atoms with E-state index < -0.39 is 0 Å². The third-order valence-electron chi connectivity index (χ3n) is 2.95. The molecule has 0 N–H and O–H groups in total. The standard InChI is InChI=1S/C16H12NO/c1-18-15-9-5-4-8-14(15)16-13-7-3-2-6-12(13)10-11-17-16/h2-8,10-11H,1H3. The minimum Gasteiger partial charge on any atom is -0.495 e. The van der Waals surface area contributed by atoms with Crippen LogP contribution in [0.4, 0.5) is 0 Å². The van der Waals surface area contributed by atoms with Crippen molar-refractivity contribution in [3.05, 3.63) is 60.8 Å². The maximum Gasteiger partial charge on any atom is 0.136 e. The second-order valence-corrected chi connectivity index (χ2v) is 4.00. The van der Waals surface area contributed by atoms with Crippen LogP contribution < -0.4 is 4.74 Å². The SMILES string of the molecule is COc1[c]cccc1-c1nccc2ccccc12. The Hall–Kier alpha value is -2.35. The summed E-state index contributed by atoms with van der Waals surface area (Å²) >= 11 is 0. The van der Waals surface area contributed by atoms with E-state index in [0.29, 0.717) is 0 Å². The molecule has 2 heteroatoms.